The molecule has 0 aromatic heterocycles. The minimum absolute atomic E-state index is 0.915. The normalized spacial score (nSPS) is 15.6. The zero-order valence-corrected chi connectivity index (χ0v) is 8.83. The van der Waals surface area contributed by atoms with Crippen LogP contribution in [0.25, 0.3) is 0 Å². The second kappa shape index (κ2) is 3.32. The summed E-state index contributed by atoms with van der Waals surface area (Å²) in [5.41, 5.74) is 5.50. The molecule has 0 fully saturated rings. The molecule has 0 saturated heterocycles. The Kier molecular flexibility index (Phi) is 2.31. The average molecular weight is 196 g/mol. The first-order valence-corrected chi connectivity index (χ1v) is 5.06. The van der Waals surface area contributed by atoms with E-state index in [4.69, 9.17) is 11.6 Å². The van der Waals surface area contributed by atoms with Crippen molar-refractivity contribution in [3.8, 4) is 0 Å². The fourth-order valence-electron chi connectivity index (χ4n) is 2.01. The maximum atomic E-state index is 6.13. The summed E-state index contributed by atoms with van der Waals surface area (Å²) in [6.07, 6.45) is 1.11. The summed E-state index contributed by atoms with van der Waals surface area (Å²) in [6, 6.07) is 2.07. The van der Waals surface area contributed by atoms with Gasteiger partial charge >= 0.3 is 0 Å². The third-order valence-electron chi connectivity index (χ3n) is 2.85. The fraction of sp³-hybridized carbons (Fsp3) is 0.455. The van der Waals surface area contributed by atoms with Crippen molar-refractivity contribution in [2.24, 2.45) is 0 Å². The van der Waals surface area contributed by atoms with E-state index in [2.05, 4.69) is 25.2 Å². The summed E-state index contributed by atoms with van der Waals surface area (Å²) in [5, 5.41) is 4.30. The van der Waals surface area contributed by atoms with Gasteiger partial charge in [0.15, 0.2) is 0 Å². The molecule has 0 radical (unpaired) electrons. The molecule has 0 unspecified atom stereocenters. The van der Waals surface area contributed by atoms with Gasteiger partial charge in [-0.1, -0.05) is 11.6 Å². The summed E-state index contributed by atoms with van der Waals surface area (Å²) in [5.74, 6) is 0. The van der Waals surface area contributed by atoms with Crippen LogP contribution in [-0.4, -0.2) is 6.54 Å². The lowest BCUT2D eigenvalue weighted by molar-refractivity contribution is 0.638. The lowest BCUT2D eigenvalue weighted by Crippen LogP contribution is -2.25. The molecule has 2 rings (SSSR count). The molecule has 0 aliphatic carbocycles. The Bertz CT molecular complexity index is 344. The van der Waals surface area contributed by atoms with E-state index in [1.807, 2.05) is 0 Å². The van der Waals surface area contributed by atoms with E-state index in [9.17, 15) is 0 Å². The first-order valence-electron chi connectivity index (χ1n) is 4.68. The van der Waals surface area contributed by atoms with Gasteiger partial charge in [0.25, 0.3) is 0 Å². The molecule has 1 nitrogen and oxygen atoms in total. The van der Waals surface area contributed by atoms with Crippen LogP contribution in [0.15, 0.2) is 6.07 Å². The van der Waals surface area contributed by atoms with Crippen LogP contribution in [0.3, 0.4) is 0 Å². The van der Waals surface area contributed by atoms with E-state index in [0.717, 1.165) is 24.5 Å². The lowest BCUT2D eigenvalue weighted by atomic mass is 9.92. The number of fused-ring (bicyclic) bond motifs is 1. The first-order chi connectivity index (χ1) is 6.20. The van der Waals surface area contributed by atoms with E-state index in [1.54, 1.807) is 0 Å². The van der Waals surface area contributed by atoms with Gasteiger partial charge in [0.2, 0.25) is 0 Å². The van der Waals surface area contributed by atoms with Gasteiger partial charge in [-0.15, -0.1) is 0 Å². The fourth-order valence-corrected chi connectivity index (χ4v) is 2.28. The van der Waals surface area contributed by atoms with Gasteiger partial charge < -0.3 is 5.32 Å². The van der Waals surface area contributed by atoms with Crippen molar-refractivity contribution in [2.75, 3.05) is 6.54 Å². The molecule has 0 amide bonds. The molecule has 70 valence electrons. The van der Waals surface area contributed by atoms with Crippen LogP contribution in [0, 0.1) is 13.8 Å². The standard InChI is InChI=1S/C11H14ClN/c1-7-5-11(12)8(2)9-3-4-13-6-10(7)9/h5,13H,3-4,6H2,1-2H3. The number of rotatable bonds is 0. The van der Waals surface area contributed by atoms with Crippen molar-refractivity contribution in [1.82, 2.24) is 5.32 Å². The number of hydrogen-bond acceptors (Lipinski definition) is 1. The minimum Gasteiger partial charge on any atom is -0.312 e. The van der Waals surface area contributed by atoms with Crippen LogP contribution in [0.4, 0.5) is 0 Å². The van der Waals surface area contributed by atoms with Crippen LogP contribution in [0.5, 0.6) is 0 Å². The van der Waals surface area contributed by atoms with Gasteiger partial charge in [0.1, 0.15) is 0 Å². The molecular formula is C11H14ClN. The van der Waals surface area contributed by atoms with Crippen molar-refractivity contribution in [3.63, 3.8) is 0 Å². The summed E-state index contributed by atoms with van der Waals surface area (Å²) in [4.78, 5) is 0. The summed E-state index contributed by atoms with van der Waals surface area (Å²) < 4.78 is 0. The molecule has 0 bridgehead atoms. The van der Waals surface area contributed by atoms with Gasteiger partial charge in [0.05, 0.1) is 0 Å². The molecule has 0 saturated carbocycles. The van der Waals surface area contributed by atoms with E-state index in [-0.39, 0.29) is 0 Å². The van der Waals surface area contributed by atoms with E-state index in [1.165, 1.54) is 22.3 Å². The summed E-state index contributed by atoms with van der Waals surface area (Å²) in [7, 11) is 0. The quantitative estimate of drug-likeness (QED) is 0.671. The van der Waals surface area contributed by atoms with E-state index >= 15 is 0 Å². The molecule has 13 heavy (non-hydrogen) atoms. The molecule has 1 aromatic rings. The number of nitrogens with one attached hydrogen (secondary N) is 1. The largest absolute Gasteiger partial charge is 0.312 e. The van der Waals surface area contributed by atoms with Crippen molar-refractivity contribution in [2.45, 2.75) is 26.8 Å². The van der Waals surface area contributed by atoms with Crippen molar-refractivity contribution < 1.29 is 0 Å². The van der Waals surface area contributed by atoms with Gasteiger partial charge in [-0.3, -0.25) is 0 Å². The van der Waals surface area contributed by atoms with E-state index < -0.39 is 0 Å². The van der Waals surface area contributed by atoms with Crippen LogP contribution in [-0.2, 0) is 13.0 Å². The molecular weight excluding hydrogens is 182 g/mol. The maximum absolute atomic E-state index is 6.13. The smallest absolute Gasteiger partial charge is 0.0440 e. The Labute approximate surface area is 84.1 Å². The monoisotopic (exact) mass is 195 g/mol. The maximum Gasteiger partial charge on any atom is 0.0440 e. The second-order valence-electron chi connectivity index (χ2n) is 3.68. The Morgan fingerprint density at radius 2 is 2.08 bits per heavy atom. The summed E-state index contributed by atoms with van der Waals surface area (Å²) >= 11 is 6.13. The molecule has 1 aliphatic rings. The van der Waals surface area contributed by atoms with Crippen LogP contribution in [0.1, 0.15) is 22.3 Å². The Hall–Kier alpha value is -0.530. The Balaban J connectivity index is 2.63. The highest BCUT2D eigenvalue weighted by atomic mass is 35.5. The predicted octanol–water partition coefficient (Wildman–Crippen LogP) is 2.60. The van der Waals surface area contributed by atoms with Crippen molar-refractivity contribution >= 4 is 11.6 Å². The second-order valence-corrected chi connectivity index (χ2v) is 4.09. The van der Waals surface area contributed by atoms with Gasteiger partial charge in [0, 0.05) is 11.6 Å². The minimum atomic E-state index is 0.915. The SMILES string of the molecule is Cc1cc(Cl)c(C)c2c1CNCC2. The van der Waals surface area contributed by atoms with E-state index in [0.29, 0.717) is 0 Å². The van der Waals surface area contributed by atoms with Crippen LogP contribution >= 0.6 is 11.6 Å². The molecule has 1 heterocycles. The molecule has 1 aliphatic heterocycles. The third-order valence-corrected chi connectivity index (χ3v) is 3.24. The lowest BCUT2D eigenvalue weighted by Gasteiger charge is -2.22. The molecule has 1 aromatic carbocycles. The highest BCUT2D eigenvalue weighted by Gasteiger charge is 2.14. The number of hydrogen-bond donors (Lipinski definition) is 1. The molecule has 0 atom stereocenters. The highest BCUT2D eigenvalue weighted by molar-refractivity contribution is 6.31. The molecule has 0 spiro atoms. The van der Waals surface area contributed by atoms with Crippen LogP contribution < -0.4 is 5.32 Å². The van der Waals surface area contributed by atoms with Gasteiger partial charge in [-0.2, -0.15) is 0 Å². The number of benzene rings is 1. The predicted molar refractivity (Wildman–Crippen MR) is 56.3 cm³/mol. The first kappa shape index (κ1) is 9.04. The summed E-state index contributed by atoms with van der Waals surface area (Å²) in [6.45, 7) is 6.33. The topological polar surface area (TPSA) is 12.0 Å². The molecule has 2 heteroatoms. The average Bonchev–Trinajstić information content (AvgIpc) is 2.15. The van der Waals surface area contributed by atoms with Gasteiger partial charge in [-0.25, -0.2) is 0 Å². The zero-order chi connectivity index (χ0) is 9.42. The number of aryl methyl sites for hydroxylation is 1. The Morgan fingerprint density at radius 3 is 2.85 bits per heavy atom. The third kappa shape index (κ3) is 1.47. The van der Waals surface area contributed by atoms with Gasteiger partial charge in [-0.05, 0) is 55.1 Å². The number of halogens is 1. The molecule has 1 N–H and O–H groups in total. The Morgan fingerprint density at radius 1 is 1.31 bits per heavy atom. The van der Waals surface area contributed by atoms with Crippen LogP contribution in [0.2, 0.25) is 5.02 Å². The van der Waals surface area contributed by atoms with Crippen molar-refractivity contribution in [3.05, 3.63) is 33.3 Å². The highest BCUT2D eigenvalue weighted by Crippen LogP contribution is 2.27. The van der Waals surface area contributed by atoms with Crippen molar-refractivity contribution in [1.29, 1.82) is 0 Å². The zero-order valence-electron chi connectivity index (χ0n) is 8.08.